The molecule has 0 radical (unpaired) electrons. The number of fused-ring (bicyclic) bond motifs is 1. The zero-order valence-corrected chi connectivity index (χ0v) is 10.1. The van der Waals surface area contributed by atoms with E-state index in [-0.39, 0.29) is 18.8 Å². The Labute approximate surface area is 104 Å². The number of aliphatic hydroxyl groups is 1. The molecule has 0 unspecified atom stereocenters. The zero-order chi connectivity index (χ0) is 12.5. The molecule has 2 atom stereocenters. The van der Waals surface area contributed by atoms with Crippen LogP contribution < -0.4 is 4.90 Å². The maximum Gasteiger partial charge on any atom is 0.160 e. The third kappa shape index (κ3) is 1.72. The molecule has 0 amide bonds. The molecule has 1 saturated heterocycles. The molecule has 1 fully saturated rings. The van der Waals surface area contributed by atoms with E-state index < -0.39 is 0 Å². The predicted octanol–water partition coefficient (Wildman–Crippen LogP) is -0.0611. The lowest BCUT2D eigenvalue weighted by Gasteiger charge is -2.23. The summed E-state index contributed by atoms with van der Waals surface area (Å²) in [4.78, 5) is 10.5. The summed E-state index contributed by atoms with van der Waals surface area (Å²) < 4.78 is 5.37. The van der Waals surface area contributed by atoms with Gasteiger partial charge in [-0.05, 0) is 6.42 Å². The van der Waals surface area contributed by atoms with E-state index in [1.54, 1.807) is 13.3 Å². The fourth-order valence-electron chi connectivity index (χ4n) is 2.46. The molecule has 2 N–H and O–H groups in total. The second kappa shape index (κ2) is 4.51. The Balaban J connectivity index is 2.00. The van der Waals surface area contributed by atoms with Crippen molar-refractivity contribution in [1.29, 1.82) is 0 Å². The van der Waals surface area contributed by atoms with Crippen LogP contribution in [-0.4, -0.2) is 57.7 Å². The van der Waals surface area contributed by atoms with Crippen molar-refractivity contribution in [2.75, 3.05) is 25.2 Å². The van der Waals surface area contributed by atoms with Gasteiger partial charge < -0.3 is 14.7 Å². The smallest absolute Gasteiger partial charge is 0.160 e. The summed E-state index contributed by atoms with van der Waals surface area (Å²) in [6, 6.07) is 0.0305. The average Bonchev–Trinajstić information content (AvgIpc) is 3.04. The summed E-state index contributed by atoms with van der Waals surface area (Å²) in [6.45, 7) is 0.808. The molecule has 0 aliphatic carbocycles. The topological polar surface area (TPSA) is 87.2 Å². The number of rotatable bonds is 3. The van der Waals surface area contributed by atoms with E-state index >= 15 is 0 Å². The molecule has 7 nitrogen and oxygen atoms in total. The van der Waals surface area contributed by atoms with Gasteiger partial charge >= 0.3 is 0 Å². The molecule has 1 aliphatic rings. The number of hydrogen-bond donors (Lipinski definition) is 2. The molecule has 18 heavy (non-hydrogen) atoms. The highest BCUT2D eigenvalue weighted by molar-refractivity contribution is 5.86. The Morgan fingerprint density at radius 2 is 2.44 bits per heavy atom. The van der Waals surface area contributed by atoms with Crippen LogP contribution in [0.3, 0.4) is 0 Å². The number of ether oxygens (including phenoxy) is 1. The van der Waals surface area contributed by atoms with Crippen LogP contribution in [0, 0.1) is 0 Å². The van der Waals surface area contributed by atoms with Crippen LogP contribution in [0.4, 0.5) is 5.82 Å². The van der Waals surface area contributed by atoms with Crippen molar-refractivity contribution >= 4 is 16.9 Å². The molecule has 0 spiro atoms. The minimum absolute atomic E-state index is 0.0305. The quantitative estimate of drug-likeness (QED) is 0.792. The van der Waals surface area contributed by atoms with Crippen molar-refractivity contribution in [2.24, 2.45) is 0 Å². The molecule has 2 aromatic rings. The van der Waals surface area contributed by atoms with Gasteiger partial charge in [0.15, 0.2) is 5.65 Å². The van der Waals surface area contributed by atoms with Gasteiger partial charge in [0.25, 0.3) is 0 Å². The number of methoxy groups -OCH3 is 1. The third-order valence-electron chi connectivity index (χ3n) is 3.42. The van der Waals surface area contributed by atoms with E-state index in [0.29, 0.717) is 5.65 Å². The van der Waals surface area contributed by atoms with Gasteiger partial charge in [0.1, 0.15) is 12.1 Å². The Morgan fingerprint density at radius 3 is 3.22 bits per heavy atom. The molecule has 96 valence electrons. The van der Waals surface area contributed by atoms with Crippen molar-refractivity contribution in [2.45, 2.75) is 18.6 Å². The Morgan fingerprint density at radius 1 is 1.56 bits per heavy atom. The number of aromatic amines is 1. The van der Waals surface area contributed by atoms with Crippen molar-refractivity contribution in [3.05, 3.63) is 12.5 Å². The van der Waals surface area contributed by atoms with Crippen LogP contribution in [0.5, 0.6) is 0 Å². The molecule has 0 saturated carbocycles. The largest absolute Gasteiger partial charge is 0.394 e. The summed E-state index contributed by atoms with van der Waals surface area (Å²) in [5, 5.41) is 17.1. The van der Waals surface area contributed by atoms with Gasteiger partial charge in [-0.3, -0.25) is 5.10 Å². The summed E-state index contributed by atoms with van der Waals surface area (Å²) in [6.07, 6.45) is 4.14. The standard InChI is InChI=1S/C11H15N5O2/c1-18-8-2-7(5-17)16(4-8)11-9-3-14-15-10(9)12-6-13-11/h3,6-8,17H,2,4-5H2,1H3,(H,12,13,14,15)/t7-,8-/m0/s1. The van der Waals surface area contributed by atoms with Crippen LogP contribution in [0.1, 0.15) is 6.42 Å². The maximum absolute atomic E-state index is 9.47. The number of anilines is 1. The summed E-state index contributed by atoms with van der Waals surface area (Å²) in [5.41, 5.74) is 0.706. The molecule has 0 bridgehead atoms. The highest BCUT2D eigenvalue weighted by Crippen LogP contribution is 2.29. The molecule has 3 heterocycles. The minimum atomic E-state index is 0.0305. The number of nitrogens with one attached hydrogen (secondary N) is 1. The van der Waals surface area contributed by atoms with E-state index in [4.69, 9.17) is 4.74 Å². The second-order valence-corrected chi connectivity index (χ2v) is 4.41. The SMILES string of the molecule is CO[C@H]1C[C@@H](CO)N(c2ncnc3[nH]ncc23)C1. The van der Waals surface area contributed by atoms with Gasteiger partial charge in [-0.1, -0.05) is 0 Å². The lowest BCUT2D eigenvalue weighted by atomic mass is 10.2. The van der Waals surface area contributed by atoms with Gasteiger partial charge in [0.05, 0.1) is 30.3 Å². The first kappa shape index (κ1) is 11.4. The monoisotopic (exact) mass is 249 g/mol. The lowest BCUT2D eigenvalue weighted by molar-refractivity contribution is 0.115. The molecule has 3 rings (SSSR count). The Hall–Kier alpha value is -1.73. The van der Waals surface area contributed by atoms with E-state index in [1.807, 2.05) is 0 Å². The highest BCUT2D eigenvalue weighted by Gasteiger charge is 2.33. The van der Waals surface area contributed by atoms with Crippen molar-refractivity contribution in [3.8, 4) is 0 Å². The van der Waals surface area contributed by atoms with Gasteiger partial charge in [0.2, 0.25) is 0 Å². The first-order valence-electron chi connectivity index (χ1n) is 5.88. The molecule has 0 aromatic carbocycles. The zero-order valence-electron chi connectivity index (χ0n) is 10.1. The van der Waals surface area contributed by atoms with Crippen molar-refractivity contribution < 1.29 is 9.84 Å². The number of nitrogens with zero attached hydrogens (tertiary/aromatic N) is 4. The third-order valence-corrected chi connectivity index (χ3v) is 3.42. The van der Waals surface area contributed by atoms with Crippen molar-refractivity contribution in [1.82, 2.24) is 20.2 Å². The van der Waals surface area contributed by atoms with Crippen LogP contribution in [0.25, 0.3) is 11.0 Å². The van der Waals surface area contributed by atoms with Crippen LogP contribution in [0.15, 0.2) is 12.5 Å². The molecule has 2 aromatic heterocycles. The van der Waals surface area contributed by atoms with Crippen LogP contribution in [0.2, 0.25) is 0 Å². The van der Waals surface area contributed by atoms with Gasteiger partial charge in [-0.15, -0.1) is 0 Å². The first-order chi connectivity index (χ1) is 8.83. The number of aliphatic hydroxyl groups excluding tert-OH is 1. The van der Waals surface area contributed by atoms with Gasteiger partial charge in [0, 0.05) is 13.7 Å². The van der Waals surface area contributed by atoms with Gasteiger partial charge in [-0.2, -0.15) is 5.10 Å². The fraction of sp³-hybridized carbons (Fsp3) is 0.545. The summed E-state index contributed by atoms with van der Waals surface area (Å²) >= 11 is 0. The normalized spacial score (nSPS) is 24.0. The van der Waals surface area contributed by atoms with E-state index in [0.717, 1.165) is 24.2 Å². The predicted molar refractivity (Wildman–Crippen MR) is 65.3 cm³/mol. The van der Waals surface area contributed by atoms with Crippen LogP contribution >= 0.6 is 0 Å². The van der Waals surface area contributed by atoms with E-state index in [1.165, 1.54) is 6.33 Å². The lowest BCUT2D eigenvalue weighted by Crippen LogP contribution is -2.33. The van der Waals surface area contributed by atoms with E-state index in [9.17, 15) is 5.11 Å². The number of H-pyrrole nitrogens is 1. The van der Waals surface area contributed by atoms with Crippen LogP contribution in [-0.2, 0) is 4.74 Å². The average molecular weight is 249 g/mol. The van der Waals surface area contributed by atoms with E-state index in [2.05, 4.69) is 25.1 Å². The highest BCUT2D eigenvalue weighted by atomic mass is 16.5. The van der Waals surface area contributed by atoms with Gasteiger partial charge in [-0.25, -0.2) is 9.97 Å². The molecule has 1 aliphatic heterocycles. The molecular weight excluding hydrogens is 234 g/mol. The number of hydrogen-bond acceptors (Lipinski definition) is 6. The summed E-state index contributed by atoms with van der Waals surface area (Å²) in [7, 11) is 1.69. The second-order valence-electron chi connectivity index (χ2n) is 4.41. The first-order valence-corrected chi connectivity index (χ1v) is 5.88. The summed E-state index contributed by atoms with van der Waals surface area (Å²) in [5.74, 6) is 0.798. The number of aromatic nitrogens is 4. The Kier molecular flexibility index (Phi) is 2.85. The molecule has 7 heteroatoms. The minimum Gasteiger partial charge on any atom is -0.394 e. The van der Waals surface area contributed by atoms with Crippen molar-refractivity contribution in [3.63, 3.8) is 0 Å². The Bertz CT molecular complexity index is 543. The molecular formula is C11H15N5O2. The maximum atomic E-state index is 9.47. The fourth-order valence-corrected chi connectivity index (χ4v) is 2.46.